The Kier molecular flexibility index (Phi) is 8.53. The number of nitrogens with zero attached hydrogens (tertiary/aromatic N) is 6. The minimum absolute atomic E-state index is 0.00305. The highest BCUT2D eigenvalue weighted by Crippen LogP contribution is 2.42. The lowest BCUT2D eigenvalue weighted by Crippen LogP contribution is -2.71. The van der Waals surface area contributed by atoms with Crippen LogP contribution in [0.4, 0.5) is 9.93 Å². The molecular formula is C24H26N10O8S3. The second-order valence-corrected chi connectivity index (χ2v) is 13.2. The monoisotopic (exact) mass is 678 g/mol. The summed E-state index contributed by atoms with van der Waals surface area (Å²) in [5.74, 6) is -3.37. The maximum atomic E-state index is 13.3. The van der Waals surface area contributed by atoms with Gasteiger partial charge in [-0.2, -0.15) is 0 Å². The van der Waals surface area contributed by atoms with Gasteiger partial charge < -0.3 is 31.8 Å². The van der Waals surface area contributed by atoms with Crippen molar-refractivity contribution in [1.82, 2.24) is 30.8 Å². The minimum atomic E-state index is -1.78. The van der Waals surface area contributed by atoms with Crippen LogP contribution in [0.3, 0.4) is 0 Å². The maximum Gasteiger partial charge on any atom is 0.352 e. The molecule has 5 rings (SSSR count). The van der Waals surface area contributed by atoms with Gasteiger partial charge >= 0.3 is 18.0 Å². The Balaban J connectivity index is 1.31. The number of nitrogens with one attached hydrogen (secondary N) is 2. The molecule has 2 atom stereocenters. The van der Waals surface area contributed by atoms with Crippen LogP contribution in [0.5, 0.6) is 0 Å². The predicted octanol–water partition coefficient (Wildman–Crippen LogP) is 0.0117. The van der Waals surface area contributed by atoms with E-state index >= 15 is 0 Å². The number of aliphatic carboxylic acids is 2. The van der Waals surface area contributed by atoms with E-state index in [9.17, 15) is 34.2 Å². The Bertz CT molecular complexity index is 1660. The van der Waals surface area contributed by atoms with E-state index in [1.54, 1.807) is 13.0 Å². The van der Waals surface area contributed by atoms with Crippen molar-refractivity contribution in [2.75, 3.05) is 17.2 Å². The van der Waals surface area contributed by atoms with Crippen LogP contribution >= 0.6 is 34.9 Å². The molecule has 0 aromatic carbocycles. The number of amides is 4. The van der Waals surface area contributed by atoms with Crippen molar-refractivity contribution in [1.29, 1.82) is 0 Å². The first-order valence-corrected chi connectivity index (χ1v) is 15.8. The number of thiazole rings is 1. The number of allylic oxidation sites excluding steroid dienone is 1. The second-order valence-electron chi connectivity index (χ2n) is 10.2. The molecule has 1 fully saturated rings. The highest BCUT2D eigenvalue weighted by Gasteiger charge is 2.54. The number of primary amides is 1. The van der Waals surface area contributed by atoms with E-state index in [0.717, 1.165) is 21.2 Å². The van der Waals surface area contributed by atoms with Crippen molar-refractivity contribution < 1.29 is 39.0 Å². The van der Waals surface area contributed by atoms with Crippen LogP contribution in [0.2, 0.25) is 0 Å². The van der Waals surface area contributed by atoms with Crippen LogP contribution in [0, 0.1) is 0 Å². The molecule has 21 heteroatoms. The number of aromatic nitrogens is 1. The number of hydrogen-bond donors (Lipinski definition) is 6. The van der Waals surface area contributed by atoms with Gasteiger partial charge in [0.15, 0.2) is 16.7 Å². The van der Waals surface area contributed by atoms with Gasteiger partial charge in [-0.3, -0.25) is 14.5 Å². The summed E-state index contributed by atoms with van der Waals surface area (Å²) in [6, 6.07) is -1.86. The SMILES string of the molecule is CC1=NC2=CN(C(N)=O)NN2C(SCC2=C(C(=O)O)N3C(=O)[C@@H](NC(=O)C(=NOC(C)(C)C(=O)O)c4csc(N)n4)[C@H]3SC2)=C1. The molecule has 1 aromatic heterocycles. The van der Waals surface area contributed by atoms with Gasteiger partial charge in [0.25, 0.3) is 11.8 Å². The van der Waals surface area contributed by atoms with Crippen LogP contribution in [-0.2, 0) is 24.0 Å². The Morgan fingerprint density at radius 2 is 2.04 bits per heavy atom. The molecule has 5 heterocycles. The summed E-state index contributed by atoms with van der Waals surface area (Å²) in [6.07, 6.45) is 3.17. The zero-order chi connectivity index (χ0) is 32.8. The van der Waals surface area contributed by atoms with Crippen LogP contribution in [0.15, 0.2) is 49.9 Å². The number of nitrogens with two attached hydrogens (primary N) is 2. The molecule has 4 aliphatic rings. The molecule has 0 saturated carbocycles. The lowest BCUT2D eigenvalue weighted by Gasteiger charge is -2.49. The summed E-state index contributed by atoms with van der Waals surface area (Å²) in [4.78, 5) is 76.6. The number of β-lactam (4-membered cyclic amide) rings is 1. The Labute approximate surface area is 266 Å². The summed E-state index contributed by atoms with van der Waals surface area (Å²) in [6.45, 7) is 4.23. The number of hydrazine groups is 2. The summed E-state index contributed by atoms with van der Waals surface area (Å²) in [5, 5.41) is 29.7. The van der Waals surface area contributed by atoms with E-state index in [0.29, 0.717) is 22.1 Å². The lowest BCUT2D eigenvalue weighted by atomic mass is 10.0. The van der Waals surface area contributed by atoms with Gasteiger partial charge in [0.05, 0.1) is 11.2 Å². The van der Waals surface area contributed by atoms with Gasteiger partial charge in [-0.25, -0.2) is 34.4 Å². The highest BCUT2D eigenvalue weighted by atomic mass is 32.2. The lowest BCUT2D eigenvalue weighted by molar-refractivity contribution is -0.161. The summed E-state index contributed by atoms with van der Waals surface area (Å²) >= 11 is 3.54. The highest BCUT2D eigenvalue weighted by molar-refractivity contribution is 8.03. The second kappa shape index (κ2) is 12.1. The first-order valence-electron chi connectivity index (χ1n) is 12.9. The van der Waals surface area contributed by atoms with Crippen molar-refractivity contribution in [3.8, 4) is 0 Å². The fourth-order valence-corrected chi connectivity index (χ4v) is 7.34. The average molecular weight is 679 g/mol. The Morgan fingerprint density at radius 3 is 2.67 bits per heavy atom. The van der Waals surface area contributed by atoms with Gasteiger partial charge in [0.2, 0.25) is 5.60 Å². The van der Waals surface area contributed by atoms with Crippen molar-refractivity contribution >= 4 is 81.2 Å². The third-order valence-electron chi connectivity index (χ3n) is 6.55. The Hall–Kier alpha value is -4.60. The van der Waals surface area contributed by atoms with E-state index in [-0.39, 0.29) is 28.0 Å². The zero-order valence-corrected chi connectivity index (χ0v) is 26.2. The number of carboxylic acids is 2. The van der Waals surface area contributed by atoms with Crippen molar-refractivity contribution in [2.24, 2.45) is 15.9 Å². The molecule has 1 aromatic rings. The van der Waals surface area contributed by atoms with Crippen molar-refractivity contribution in [3.05, 3.63) is 45.5 Å². The number of aliphatic imine (C=N–C) groups is 1. The normalized spacial score (nSPS) is 21.3. The molecule has 45 heavy (non-hydrogen) atoms. The smallest absolute Gasteiger partial charge is 0.352 e. The molecular weight excluding hydrogens is 653 g/mol. The first-order chi connectivity index (χ1) is 21.2. The molecule has 18 nitrogen and oxygen atoms in total. The number of hydrogen-bond acceptors (Lipinski definition) is 15. The number of fused-ring (bicyclic) bond motifs is 2. The van der Waals surface area contributed by atoms with Crippen LogP contribution in [0.1, 0.15) is 26.5 Å². The number of carbonyl (C=O) groups is 5. The van der Waals surface area contributed by atoms with Crippen LogP contribution in [0.25, 0.3) is 0 Å². The molecule has 1 saturated heterocycles. The van der Waals surface area contributed by atoms with Crippen molar-refractivity contribution in [3.63, 3.8) is 0 Å². The van der Waals surface area contributed by atoms with Gasteiger partial charge in [0.1, 0.15) is 22.8 Å². The number of rotatable bonds is 10. The van der Waals surface area contributed by atoms with Gasteiger partial charge in [-0.05, 0) is 32.4 Å². The maximum absolute atomic E-state index is 13.3. The summed E-state index contributed by atoms with van der Waals surface area (Å²) in [5.41, 5.74) is 12.6. The molecule has 0 radical (unpaired) electrons. The van der Waals surface area contributed by atoms with Gasteiger partial charge in [0, 0.05) is 22.6 Å². The molecule has 8 N–H and O–H groups in total. The van der Waals surface area contributed by atoms with E-state index < -0.39 is 52.5 Å². The van der Waals surface area contributed by atoms with E-state index in [4.69, 9.17) is 16.3 Å². The molecule has 0 aliphatic carbocycles. The molecule has 4 amide bonds. The van der Waals surface area contributed by atoms with E-state index in [1.807, 2.05) is 0 Å². The zero-order valence-electron chi connectivity index (χ0n) is 23.7. The topological polar surface area (TPSA) is 258 Å². The predicted molar refractivity (Wildman–Crippen MR) is 164 cm³/mol. The third-order valence-corrected chi connectivity index (χ3v) is 9.66. The standard InChI is InChI=1S/C24H26N10O8S3/c1-9-4-13(34-12(27-9)5-32(31-34)23(26)41)43-6-10-7-44-19-15(18(36)33(19)16(10)20(37)38)29-17(35)14(11-8-45-22(25)28-11)30-42-24(2,3)21(39)40/h4-5,8,15,19,31H,6-7H2,1-3H3,(H2,25,28)(H2,26,41)(H,29,35)(H,37,38)(H,39,40)/t15-,19-/m1/s1. The molecule has 0 spiro atoms. The summed E-state index contributed by atoms with van der Waals surface area (Å²) in [7, 11) is 0. The Morgan fingerprint density at radius 1 is 1.31 bits per heavy atom. The number of carbonyl (C=O) groups excluding carboxylic acids is 3. The number of urea groups is 1. The fraction of sp³-hybridized carbons (Fsp3) is 0.333. The van der Waals surface area contributed by atoms with Gasteiger partial charge in [-0.1, -0.05) is 5.16 Å². The number of nitrogen functional groups attached to an aromatic ring is 1. The van der Waals surface area contributed by atoms with Crippen molar-refractivity contribution in [2.45, 2.75) is 37.8 Å². The van der Waals surface area contributed by atoms with E-state index in [1.165, 1.54) is 54.0 Å². The summed E-state index contributed by atoms with van der Waals surface area (Å²) < 4.78 is 0. The molecule has 4 aliphatic heterocycles. The van der Waals surface area contributed by atoms with Crippen LogP contribution in [-0.4, -0.2) is 99.8 Å². The molecule has 238 valence electrons. The molecule has 0 bridgehead atoms. The number of anilines is 1. The van der Waals surface area contributed by atoms with Crippen LogP contribution < -0.4 is 22.3 Å². The number of oxime groups is 1. The fourth-order valence-electron chi connectivity index (χ4n) is 4.24. The average Bonchev–Trinajstić information content (AvgIpc) is 3.60. The molecule has 0 unspecified atom stereocenters. The quantitative estimate of drug-likeness (QED) is 0.108. The first kappa shape index (κ1) is 31.8. The van der Waals surface area contributed by atoms with E-state index in [2.05, 4.69) is 26.0 Å². The third kappa shape index (κ3) is 6.18. The van der Waals surface area contributed by atoms with Gasteiger partial charge in [-0.15, -0.1) is 40.4 Å². The largest absolute Gasteiger partial charge is 0.478 e. The minimum Gasteiger partial charge on any atom is -0.478 e. The number of carboxylic acid groups (broad SMARTS) is 2. The number of thioether (sulfide) groups is 2.